The number of carbonyl (C=O) groups excluding carboxylic acids is 2. The molecule has 3 heterocycles. The van der Waals surface area contributed by atoms with Crippen molar-refractivity contribution in [3.05, 3.63) is 77.2 Å². The highest BCUT2D eigenvalue weighted by molar-refractivity contribution is 7.22. The fraction of sp³-hybridized carbons (Fsp3) is 0.167. The van der Waals surface area contributed by atoms with Crippen molar-refractivity contribution >= 4 is 38.5 Å². The Morgan fingerprint density at radius 2 is 2.00 bits per heavy atom. The maximum absolute atomic E-state index is 14.6. The molecule has 178 valence electrons. The predicted molar refractivity (Wildman–Crippen MR) is 130 cm³/mol. The summed E-state index contributed by atoms with van der Waals surface area (Å²) in [5, 5.41) is 3.28. The molecule has 0 radical (unpaired) electrons. The number of rotatable bonds is 7. The van der Waals surface area contributed by atoms with E-state index in [-0.39, 0.29) is 29.5 Å². The summed E-state index contributed by atoms with van der Waals surface area (Å²) in [6, 6.07) is 13.2. The van der Waals surface area contributed by atoms with Gasteiger partial charge in [0, 0.05) is 25.2 Å². The number of halogens is 1. The predicted octanol–water partition coefficient (Wildman–Crippen LogP) is 3.09. The molecule has 0 saturated carbocycles. The number of thiazole rings is 1. The molecule has 0 bridgehead atoms. The van der Waals surface area contributed by atoms with Crippen LogP contribution in [0.2, 0.25) is 0 Å². The number of aromatic nitrogens is 2. The van der Waals surface area contributed by atoms with E-state index in [1.807, 2.05) is 12.1 Å². The van der Waals surface area contributed by atoms with Crippen molar-refractivity contribution in [3.8, 4) is 11.6 Å². The molecule has 2 aromatic heterocycles. The van der Waals surface area contributed by atoms with Crippen LogP contribution in [-0.4, -0.2) is 34.9 Å². The number of pyridine rings is 1. The number of benzene rings is 2. The number of nitrogens with one attached hydrogen (secondary N) is 3. The van der Waals surface area contributed by atoms with Crippen LogP contribution in [-0.2, 0) is 11.2 Å². The van der Waals surface area contributed by atoms with Crippen molar-refractivity contribution in [2.45, 2.75) is 12.3 Å². The first-order chi connectivity index (χ1) is 17.0. The fourth-order valence-corrected chi connectivity index (χ4v) is 4.66. The molecule has 0 atom stereocenters. The Morgan fingerprint density at radius 3 is 2.77 bits per heavy atom. The van der Waals surface area contributed by atoms with E-state index in [1.165, 1.54) is 47.4 Å². The van der Waals surface area contributed by atoms with Gasteiger partial charge in [-0.25, -0.2) is 14.4 Å². The number of carbonyl (C=O) groups is 2. The number of hydrogen-bond acceptors (Lipinski definition) is 8. The first-order valence-electron chi connectivity index (χ1n) is 10.8. The third-order valence-corrected chi connectivity index (χ3v) is 6.51. The van der Waals surface area contributed by atoms with Gasteiger partial charge in [0.05, 0.1) is 16.6 Å². The van der Waals surface area contributed by atoms with E-state index in [0.717, 1.165) is 23.3 Å². The van der Waals surface area contributed by atoms with E-state index in [2.05, 4.69) is 32.2 Å². The number of amides is 2. The molecule has 0 aliphatic carbocycles. The highest BCUT2D eigenvalue weighted by Gasteiger charge is 2.18. The van der Waals surface area contributed by atoms with Crippen LogP contribution in [0.15, 0.2) is 54.7 Å². The summed E-state index contributed by atoms with van der Waals surface area (Å²) in [7, 11) is 0. The van der Waals surface area contributed by atoms with Gasteiger partial charge in [0.2, 0.25) is 11.8 Å². The summed E-state index contributed by atoms with van der Waals surface area (Å²) < 4.78 is 21.0. The van der Waals surface area contributed by atoms with Crippen LogP contribution >= 0.6 is 11.3 Å². The second-order valence-corrected chi connectivity index (χ2v) is 9.05. The molecule has 1 aliphatic heterocycles. The Balaban J connectivity index is 1.25. The number of hydrazine groups is 1. The fourth-order valence-electron chi connectivity index (χ4n) is 3.80. The van der Waals surface area contributed by atoms with Gasteiger partial charge in [0.15, 0.2) is 16.7 Å². The van der Waals surface area contributed by atoms with E-state index in [4.69, 9.17) is 10.5 Å². The number of nitrogens with two attached hydrogens (primary N) is 1. The minimum atomic E-state index is -0.736. The first-order valence-corrected chi connectivity index (χ1v) is 11.6. The molecule has 1 fully saturated rings. The van der Waals surface area contributed by atoms with Gasteiger partial charge < -0.3 is 15.8 Å². The summed E-state index contributed by atoms with van der Waals surface area (Å²) in [6.45, 7) is 1.71. The Morgan fingerprint density at radius 1 is 1.17 bits per heavy atom. The molecule has 1 saturated heterocycles. The lowest BCUT2D eigenvalue weighted by Gasteiger charge is -2.09. The van der Waals surface area contributed by atoms with E-state index in [9.17, 15) is 14.0 Å². The smallest absolute Gasteiger partial charge is 0.254 e. The van der Waals surface area contributed by atoms with E-state index < -0.39 is 11.7 Å². The standard InChI is InChI=1S/C24H21FN6O3S/c25-17-8-13(3-5-19(17)34-23-16(22(26)33)2-1-7-27-23)9-21(32)31-24-30-18-10-14(4-6-20(18)35-24)15-11-28-29-12-15/h1-8,10,15,28-29H,9,11-12H2,(H2,26,33)(H,30,31,32). The molecule has 0 unspecified atom stereocenters. The van der Waals surface area contributed by atoms with Crippen LogP contribution in [0.3, 0.4) is 0 Å². The molecule has 2 amide bonds. The number of primary amides is 1. The van der Waals surface area contributed by atoms with Gasteiger partial charge in [0.1, 0.15) is 5.56 Å². The van der Waals surface area contributed by atoms with Gasteiger partial charge in [-0.05, 0) is 47.5 Å². The highest BCUT2D eigenvalue weighted by Crippen LogP contribution is 2.30. The lowest BCUT2D eigenvalue weighted by Crippen LogP contribution is -2.21. The topological polar surface area (TPSA) is 131 Å². The largest absolute Gasteiger partial charge is 0.435 e. The molecule has 0 spiro atoms. The van der Waals surface area contributed by atoms with Crippen LogP contribution in [0.4, 0.5) is 9.52 Å². The van der Waals surface area contributed by atoms with Crippen molar-refractivity contribution in [2.24, 2.45) is 5.73 Å². The first kappa shape index (κ1) is 22.8. The quantitative estimate of drug-likeness (QED) is 0.312. The van der Waals surface area contributed by atoms with Crippen LogP contribution in [0.1, 0.15) is 27.4 Å². The van der Waals surface area contributed by atoms with Crippen LogP contribution in [0, 0.1) is 5.82 Å². The number of nitrogens with zero attached hydrogens (tertiary/aromatic N) is 2. The zero-order valence-electron chi connectivity index (χ0n) is 18.4. The van der Waals surface area contributed by atoms with Gasteiger partial charge in [-0.15, -0.1) is 0 Å². The highest BCUT2D eigenvalue weighted by atomic mass is 32.1. The Hall–Kier alpha value is -3.93. The minimum absolute atomic E-state index is 0.0369. The minimum Gasteiger partial charge on any atom is -0.435 e. The number of ether oxygens (including phenoxy) is 1. The van der Waals surface area contributed by atoms with Crippen molar-refractivity contribution in [1.29, 1.82) is 0 Å². The number of fused-ring (bicyclic) bond motifs is 1. The van der Waals surface area contributed by atoms with Crippen molar-refractivity contribution in [2.75, 3.05) is 18.4 Å². The number of hydrogen-bond donors (Lipinski definition) is 4. The Bertz CT molecular complexity index is 1420. The van der Waals surface area contributed by atoms with Crippen molar-refractivity contribution in [1.82, 2.24) is 20.8 Å². The van der Waals surface area contributed by atoms with E-state index in [1.54, 1.807) is 6.07 Å². The van der Waals surface area contributed by atoms with Gasteiger partial charge in [-0.3, -0.25) is 20.4 Å². The lowest BCUT2D eigenvalue weighted by atomic mass is 10.0. The maximum Gasteiger partial charge on any atom is 0.254 e. The average molecular weight is 493 g/mol. The van der Waals surface area contributed by atoms with E-state index >= 15 is 0 Å². The van der Waals surface area contributed by atoms with Crippen LogP contribution < -0.4 is 26.6 Å². The SMILES string of the molecule is NC(=O)c1cccnc1Oc1ccc(CC(=O)Nc2nc3cc(C4CNNC4)ccc3s2)cc1F. The molecule has 1 aliphatic rings. The van der Waals surface area contributed by atoms with Gasteiger partial charge in [-0.1, -0.05) is 23.5 Å². The molecule has 5 rings (SSSR count). The van der Waals surface area contributed by atoms with Gasteiger partial charge in [-0.2, -0.15) is 0 Å². The lowest BCUT2D eigenvalue weighted by molar-refractivity contribution is -0.115. The van der Waals surface area contributed by atoms with Gasteiger partial charge >= 0.3 is 0 Å². The van der Waals surface area contributed by atoms with Gasteiger partial charge in [0.25, 0.3) is 5.91 Å². The summed E-state index contributed by atoms with van der Waals surface area (Å²) >= 11 is 1.38. The molecule has 9 nitrogen and oxygen atoms in total. The van der Waals surface area contributed by atoms with Crippen LogP contribution in [0.25, 0.3) is 10.2 Å². The normalized spacial score (nSPS) is 13.7. The number of anilines is 1. The zero-order chi connectivity index (χ0) is 24.4. The molecule has 35 heavy (non-hydrogen) atoms. The summed E-state index contributed by atoms with van der Waals surface area (Å²) in [6.07, 6.45) is 1.36. The van der Waals surface area contributed by atoms with Crippen LogP contribution in [0.5, 0.6) is 11.6 Å². The monoisotopic (exact) mass is 492 g/mol. The molecule has 11 heteroatoms. The van der Waals surface area contributed by atoms with E-state index in [0.29, 0.717) is 16.6 Å². The third-order valence-electron chi connectivity index (χ3n) is 5.56. The third kappa shape index (κ3) is 5.11. The summed E-state index contributed by atoms with van der Waals surface area (Å²) in [5.41, 5.74) is 14.0. The molecule has 4 aromatic rings. The summed E-state index contributed by atoms with van der Waals surface area (Å²) in [5.74, 6) is -1.60. The zero-order valence-corrected chi connectivity index (χ0v) is 19.2. The second kappa shape index (κ2) is 9.74. The molecule has 2 aromatic carbocycles. The van der Waals surface area contributed by atoms with Crippen molar-refractivity contribution < 1.29 is 18.7 Å². The molecule has 5 N–H and O–H groups in total. The maximum atomic E-state index is 14.6. The Kier molecular flexibility index (Phi) is 6.36. The molecular formula is C24H21FN6O3S. The van der Waals surface area contributed by atoms with Crippen molar-refractivity contribution in [3.63, 3.8) is 0 Å². The Labute approximate surface area is 203 Å². The molecular weight excluding hydrogens is 471 g/mol. The average Bonchev–Trinajstić information content (AvgIpc) is 3.50. The summed E-state index contributed by atoms with van der Waals surface area (Å²) in [4.78, 5) is 32.5. The second-order valence-electron chi connectivity index (χ2n) is 8.02.